The Balaban J connectivity index is 2.45. The molecule has 4 heteroatoms. The standard InChI is InChI=1S/C8H15NO2S/c1-3-4-9-5-6-12-7(9)8(10)11-2/h7H,3-6H2,1-2H3. The molecule has 1 aliphatic rings. The van der Waals surface area contributed by atoms with E-state index in [1.165, 1.54) is 7.11 Å². The molecule has 1 atom stereocenters. The van der Waals surface area contributed by atoms with Crippen LogP contribution in [0.25, 0.3) is 0 Å². The Morgan fingerprint density at radius 3 is 3.08 bits per heavy atom. The molecule has 0 saturated carbocycles. The summed E-state index contributed by atoms with van der Waals surface area (Å²) in [6.45, 7) is 4.13. The molecule has 70 valence electrons. The average molecular weight is 189 g/mol. The zero-order chi connectivity index (χ0) is 8.97. The molecule has 3 nitrogen and oxygen atoms in total. The monoisotopic (exact) mass is 189 g/mol. The SMILES string of the molecule is CCCN1CCSC1C(=O)OC. The van der Waals surface area contributed by atoms with Crippen molar-refractivity contribution in [3.05, 3.63) is 0 Å². The fourth-order valence-electron chi connectivity index (χ4n) is 1.34. The average Bonchev–Trinajstić information content (AvgIpc) is 2.52. The van der Waals surface area contributed by atoms with Crippen molar-refractivity contribution < 1.29 is 9.53 Å². The number of carbonyl (C=O) groups is 1. The van der Waals surface area contributed by atoms with Gasteiger partial charge >= 0.3 is 5.97 Å². The molecule has 0 radical (unpaired) electrons. The van der Waals surface area contributed by atoms with Crippen molar-refractivity contribution in [3.8, 4) is 0 Å². The van der Waals surface area contributed by atoms with Gasteiger partial charge in [-0.15, -0.1) is 11.8 Å². The van der Waals surface area contributed by atoms with E-state index in [2.05, 4.69) is 11.8 Å². The van der Waals surface area contributed by atoms with Crippen LogP contribution in [0.2, 0.25) is 0 Å². The molecule has 0 aromatic heterocycles. The van der Waals surface area contributed by atoms with Crippen molar-refractivity contribution in [1.82, 2.24) is 4.90 Å². The topological polar surface area (TPSA) is 29.5 Å². The van der Waals surface area contributed by atoms with E-state index >= 15 is 0 Å². The van der Waals surface area contributed by atoms with Gasteiger partial charge in [0.1, 0.15) is 0 Å². The summed E-state index contributed by atoms with van der Waals surface area (Å²) in [5.74, 6) is 0.936. The first-order chi connectivity index (χ1) is 5.79. The number of methoxy groups -OCH3 is 1. The molecule has 0 amide bonds. The summed E-state index contributed by atoms with van der Waals surface area (Å²) in [7, 11) is 1.45. The first-order valence-corrected chi connectivity index (χ1v) is 5.28. The predicted molar refractivity (Wildman–Crippen MR) is 50.1 cm³/mol. The Morgan fingerprint density at radius 1 is 1.75 bits per heavy atom. The third kappa shape index (κ3) is 2.14. The van der Waals surface area contributed by atoms with Crippen LogP contribution in [-0.4, -0.2) is 42.2 Å². The molecular weight excluding hydrogens is 174 g/mol. The summed E-state index contributed by atoms with van der Waals surface area (Å²) in [5, 5.41) is -0.0463. The van der Waals surface area contributed by atoms with Gasteiger partial charge in [0, 0.05) is 12.3 Å². The van der Waals surface area contributed by atoms with Gasteiger partial charge in [-0.1, -0.05) is 6.92 Å². The molecule has 0 aromatic rings. The molecule has 0 bridgehead atoms. The number of ether oxygens (including phenoxy) is 1. The lowest BCUT2D eigenvalue weighted by molar-refractivity contribution is -0.143. The first kappa shape index (κ1) is 9.86. The van der Waals surface area contributed by atoms with Gasteiger partial charge in [0.05, 0.1) is 7.11 Å². The summed E-state index contributed by atoms with van der Waals surface area (Å²) in [4.78, 5) is 13.4. The van der Waals surface area contributed by atoms with Crippen LogP contribution in [0.3, 0.4) is 0 Å². The molecule has 0 N–H and O–H groups in total. The second kappa shape index (κ2) is 4.72. The summed E-state index contributed by atoms with van der Waals surface area (Å²) >= 11 is 1.67. The van der Waals surface area contributed by atoms with Gasteiger partial charge in [0.2, 0.25) is 0 Å². The number of esters is 1. The van der Waals surface area contributed by atoms with Crippen molar-refractivity contribution in [3.63, 3.8) is 0 Å². The highest BCUT2D eigenvalue weighted by atomic mass is 32.2. The molecule has 0 aromatic carbocycles. The van der Waals surface area contributed by atoms with Crippen molar-refractivity contribution in [1.29, 1.82) is 0 Å². The van der Waals surface area contributed by atoms with Crippen LogP contribution in [0.4, 0.5) is 0 Å². The number of nitrogens with zero attached hydrogens (tertiary/aromatic N) is 1. The zero-order valence-electron chi connectivity index (χ0n) is 7.58. The quantitative estimate of drug-likeness (QED) is 0.618. The van der Waals surface area contributed by atoms with Gasteiger partial charge in [-0.2, -0.15) is 0 Å². The number of thioether (sulfide) groups is 1. The normalized spacial score (nSPS) is 24.3. The van der Waals surface area contributed by atoms with Crippen LogP contribution in [0.5, 0.6) is 0 Å². The zero-order valence-corrected chi connectivity index (χ0v) is 8.39. The predicted octanol–water partition coefficient (Wildman–Crippen LogP) is 0.944. The minimum absolute atomic E-state index is 0.0463. The van der Waals surface area contributed by atoms with Crippen molar-refractivity contribution in [2.45, 2.75) is 18.7 Å². The van der Waals surface area contributed by atoms with Gasteiger partial charge < -0.3 is 4.74 Å². The maximum atomic E-state index is 11.2. The second-order valence-corrected chi connectivity index (χ2v) is 3.97. The minimum Gasteiger partial charge on any atom is -0.467 e. The third-order valence-electron chi connectivity index (χ3n) is 1.90. The smallest absolute Gasteiger partial charge is 0.333 e. The van der Waals surface area contributed by atoms with Crippen LogP contribution >= 0.6 is 11.8 Å². The lowest BCUT2D eigenvalue weighted by Gasteiger charge is -2.19. The molecule has 1 fully saturated rings. The van der Waals surface area contributed by atoms with E-state index in [0.29, 0.717) is 0 Å². The maximum absolute atomic E-state index is 11.2. The number of rotatable bonds is 3. The summed E-state index contributed by atoms with van der Waals surface area (Å²) in [6, 6.07) is 0. The van der Waals surface area contributed by atoms with Crippen LogP contribution in [-0.2, 0) is 9.53 Å². The summed E-state index contributed by atoms with van der Waals surface area (Å²) in [5.41, 5.74) is 0. The second-order valence-electron chi connectivity index (χ2n) is 2.78. The molecule has 12 heavy (non-hydrogen) atoms. The highest BCUT2D eigenvalue weighted by molar-refractivity contribution is 8.00. The fourth-order valence-corrected chi connectivity index (χ4v) is 2.56. The molecule has 1 rings (SSSR count). The summed E-state index contributed by atoms with van der Waals surface area (Å²) in [6.07, 6.45) is 1.09. The Kier molecular flexibility index (Phi) is 3.88. The Hall–Kier alpha value is -0.220. The highest BCUT2D eigenvalue weighted by Crippen LogP contribution is 2.24. The highest BCUT2D eigenvalue weighted by Gasteiger charge is 2.31. The van der Waals surface area contributed by atoms with Gasteiger partial charge in [-0.25, -0.2) is 4.79 Å². The number of hydrogen-bond donors (Lipinski definition) is 0. The first-order valence-electron chi connectivity index (χ1n) is 4.23. The Bertz CT molecular complexity index is 163. The summed E-state index contributed by atoms with van der Waals surface area (Å²) < 4.78 is 4.71. The van der Waals surface area contributed by atoms with Gasteiger partial charge in [-0.3, -0.25) is 4.90 Å². The van der Waals surface area contributed by atoms with E-state index in [9.17, 15) is 4.79 Å². The molecule has 0 spiro atoms. The maximum Gasteiger partial charge on any atom is 0.333 e. The molecule has 1 saturated heterocycles. The fraction of sp³-hybridized carbons (Fsp3) is 0.875. The lowest BCUT2D eigenvalue weighted by Crippen LogP contribution is -2.35. The van der Waals surface area contributed by atoms with E-state index in [1.807, 2.05) is 0 Å². The number of carbonyl (C=O) groups excluding carboxylic acids is 1. The lowest BCUT2D eigenvalue weighted by atomic mass is 10.4. The molecule has 1 heterocycles. The van der Waals surface area contributed by atoms with Crippen molar-refractivity contribution >= 4 is 17.7 Å². The van der Waals surface area contributed by atoms with Gasteiger partial charge in [-0.05, 0) is 13.0 Å². The molecule has 1 aliphatic heterocycles. The van der Waals surface area contributed by atoms with Crippen LogP contribution < -0.4 is 0 Å². The van der Waals surface area contributed by atoms with Gasteiger partial charge in [0.15, 0.2) is 5.37 Å². The Morgan fingerprint density at radius 2 is 2.50 bits per heavy atom. The Labute approximate surface area is 77.4 Å². The largest absolute Gasteiger partial charge is 0.467 e. The van der Waals surface area contributed by atoms with Crippen LogP contribution in [0, 0.1) is 0 Å². The van der Waals surface area contributed by atoms with Crippen molar-refractivity contribution in [2.24, 2.45) is 0 Å². The van der Waals surface area contributed by atoms with Crippen LogP contribution in [0.15, 0.2) is 0 Å². The molecule has 1 unspecified atom stereocenters. The van der Waals surface area contributed by atoms with Crippen LogP contribution in [0.1, 0.15) is 13.3 Å². The van der Waals surface area contributed by atoms with E-state index in [1.54, 1.807) is 11.8 Å². The molecular formula is C8H15NO2S. The van der Waals surface area contributed by atoms with E-state index in [-0.39, 0.29) is 11.3 Å². The van der Waals surface area contributed by atoms with E-state index in [0.717, 1.165) is 25.3 Å². The van der Waals surface area contributed by atoms with E-state index in [4.69, 9.17) is 4.74 Å². The number of hydrogen-bond acceptors (Lipinski definition) is 4. The molecule has 0 aliphatic carbocycles. The minimum atomic E-state index is -0.106. The third-order valence-corrected chi connectivity index (χ3v) is 3.12. The van der Waals surface area contributed by atoms with Gasteiger partial charge in [0.25, 0.3) is 0 Å². The van der Waals surface area contributed by atoms with E-state index < -0.39 is 0 Å². The van der Waals surface area contributed by atoms with Crippen molar-refractivity contribution in [2.75, 3.05) is 26.0 Å².